The highest BCUT2D eigenvalue weighted by atomic mass is 16.6. The fourth-order valence-corrected chi connectivity index (χ4v) is 2.06. The van der Waals surface area contributed by atoms with Crippen LogP contribution in [0.25, 0.3) is 5.78 Å². The molecular weight excluding hydrogens is 282 g/mol. The molecule has 2 rings (SSSR count). The smallest absolute Gasteiger partial charge is 0.329 e. The number of aryl methyl sites for hydroxylation is 1. The maximum atomic E-state index is 12.4. The van der Waals surface area contributed by atoms with E-state index in [-0.39, 0.29) is 11.9 Å². The van der Waals surface area contributed by atoms with Crippen LogP contribution >= 0.6 is 0 Å². The standard InChI is InChI=1S/C15H23N5O2/c1-9(2)12(13(21)22-15(4,5)6)19-11-7-10(3)18-14-16-8-17-20(11)14/h7-9,12,19H,1-6H3/t12-/m0/s1. The van der Waals surface area contributed by atoms with Crippen molar-refractivity contribution in [3.63, 3.8) is 0 Å². The number of anilines is 1. The molecule has 0 aliphatic rings. The van der Waals surface area contributed by atoms with Crippen molar-refractivity contribution in [3.05, 3.63) is 18.1 Å². The van der Waals surface area contributed by atoms with E-state index in [4.69, 9.17) is 4.74 Å². The summed E-state index contributed by atoms with van der Waals surface area (Å²) < 4.78 is 7.07. The second-order valence-electron chi connectivity index (χ2n) is 6.65. The molecule has 0 amide bonds. The molecule has 0 bridgehead atoms. The van der Waals surface area contributed by atoms with Gasteiger partial charge < -0.3 is 10.1 Å². The molecule has 0 aliphatic carbocycles. The van der Waals surface area contributed by atoms with Gasteiger partial charge in [-0.1, -0.05) is 13.8 Å². The highest BCUT2D eigenvalue weighted by Gasteiger charge is 2.28. The van der Waals surface area contributed by atoms with Gasteiger partial charge in [-0.3, -0.25) is 0 Å². The lowest BCUT2D eigenvalue weighted by Crippen LogP contribution is -2.40. The third kappa shape index (κ3) is 3.72. The van der Waals surface area contributed by atoms with Gasteiger partial charge in [-0.25, -0.2) is 9.78 Å². The van der Waals surface area contributed by atoms with Crippen molar-refractivity contribution in [2.45, 2.75) is 53.2 Å². The molecule has 22 heavy (non-hydrogen) atoms. The van der Waals surface area contributed by atoms with Crippen molar-refractivity contribution in [1.29, 1.82) is 0 Å². The molecule has 0 saturated heterocycles. The summed E-state index contributed by atoms with van der Waals surface area (Å²) in [4.78, 5) is 20.8. The zero-order chi connectivity index (χ0) is 16.5. The first-order chi connectivity index (χ1) is 10.2. The summed E-state index contributed by atoms with van der Waals surface area (Å²) in [6.45, 7) is 11.4. The third-order valence-corrected chi connectivity index (χ3v) is 3.01. The van der Waals surface area contributed by atoms with E-state index in [0.29, 0.717) is 11.6 Å². The number of fused-ring (bicyclic) bond motifs is 1. The Labute approximate surface area is 130 Å². The number of carbonyl (C=O) groups is 1. The van der Waals surface area contributed by atoms with Gasteiger partial charge in [0.1, 0.15) is 23.8 Å². The highest BCUT2D eigenvalue weighted by molar-refractivity contribution is 5.79. The van der Waals surface area contributed by atoms with Crippen LogP contribution in [-0.2, 0) is 9.53 Å². The summed E-state index contributed by atoms with van der Waals surface area (Å²) in [6, 6.07) is 1.36. The largest absolute Gasteiger partial charge is 0.458 e. The van der Waals surface area contributed by atoms with E-state index < -0.39 is 11.6 Å². The van der Waals surface area contributed by atoms with Crippen LogP contribution in [0.1, 0.15) is 40.3 Å². The van der Waals surface area contributed by atoms with Crippen LogP contribution in [-0.4, -0.2) is 37.2 Å². The fourth-order valence-electron chi connectivity index (χ4n) is 2.06. The Morgan fingerprint density at radius 2 is 2.05 bits per heavy atom. The molecular formula is C15H23N5O2. The van der Waals surface area contributed by atoms with Crippen LogP contribution in [0.3, 0.4) is 0 Å². The molecule has 1 atom stereocenters. The van der Waals surface area contributed by atoms with E-state index in [0.717, 1.165) is 5.69 Å². The Hall–Kier alpha value is -2.18. The number of nitrogens with zero attached hydrogens (tertiary/aromatic N) is 4. The topological polar surface area (TPSA) is 81.4 Å². The van der Waals surface area contributed by atoms with Crippen molar-refractivity contribution in [2.24, 2.45) is 5.92 Å². The molecule has 120 valence electrons. The summed E-state index contributed by atoms with van der Waals surface area (Å²) in [5.74, 6) is 0.936. The van der Waals surface area contributed by atoms with Crippen molar-refractivity contribution in [3.8, 4) is 0 Å². The van der Waals surface area contributed by atoms with E-state index in [1.165, 1.54) is 6.33 Å². The molecule has 0 saturated carbocycles. The molecule has 2 aromatic heterocycles. The number of esters is 1. The van der Waals surface area contributed by atoms with Crippen molar-refractivity contribution >= 4 is 17.6 Å². The minimum atomic E-state index is -0.525. The van der Waals surface area contributed by atoms with Crippen molar-refractivity contribution < 1.29 is 9.53 Å². The number of ether oxygens (including phenoxy) is 1. The van der Waals surface area contributed by atoms with Gasteiger partial charge in [-0.05, 0) is 33.6 Å². The average Bonchev–Trinajstić information content (AvgIpc) is 2.80. The van der Waals surface area contributed by atoms with Crippen molar-refractivity contribution in [1.82, 2.24) is 19.6 Å². The Balaban J connectivity index is 2.30. The summed E-state index contributed by atoms with van der Waals surface area (Å²) in [7, 11) is 0. The second kappa shape index (κ2) is 5.90. The molecule has 0 spiro atoms. The predicted molar refractivity (Wildman–Crippen MR) is 83.6 cm³/mol. The van der Waals surface area contributed by atoms with Crippen LogP contribution in [0.15, 0.2) is 12.4 Å². The van der Waals surface area contributed by atoms with Gasteiger partial charge in [0.15, 0.2) is 0 Å². The van der Waals surface area contributed by atoms with E-state index in [9.17, 15) is 4.79 Å². The number of carbonyl (C=O) groups excluding carboxylic acids is 1. The molecule has 2 heterocycles. The summed E-state index contributed by atoms with van der Waals surface area (Å²) >= 11 is 0. The van der Waals surface area contributed by atoms with Gasteiger partial charge in [0.25, 0.3) is 5.78 Å². The fraction of sp³-hybridized carbons (Fsp3) is 0.600. The van der Waals surface area contributed by atoms with Gasteiger partial charge in [0.2, 0.25) is 0 Å². The molecule has 0 aromatic carbocycles. The number of rotatable bonds is 4. The van der Waals surface area contributed by atoms with Crippen LogP contribution < -0.4 is 5.32 Å². The van der Waals surface area contributed by atoms with Gasteiger partial charge in [-0.2, -0.15) is 14.6 Å². The van der Waals surface area contributed by atoms with E-state index in [1.54, 1.807) is 4.52 Å². The average molecular weight is 305 g/mol. The van der Waals surface area contributed by atoms with Gasteiger partial charge in [-0.15, -0.1) is 0 Å². The SMILES string of the molecule is Cc1cc(N[C@H](C(=O)OC(C)(C)C)C(C)C)n2ncnc2n1. The molecule has 0 aliphatic heterocycles. The monoisotopic (exact) mass is 305 g/mol. The molecule has 7 heteroatoms. The predicted octanol–water partition coefficient (Wildman–Crippen LogP) is 2.21. The second-order valence-corrected chi connectivity index (χ2v) is 6.65. The Bertz CT molecular complexity index is 672. The van der Waals surface area contributed by atoms with Gasteiger partial charge in [0, 0.05) is 11.8 Å². The molecule has 1 N–H and O–H groups in total. The van der Waals surface area contributed by atoms with Crippen LogP contribution in [0.2, 0.25) is 0 Å². The van der Waals surface area contributed by atoms with Crippen LogP contribution in [0, 0.1) is 12.8 Å². The number of hydrogen-bond acceptors (Lipinski definition) is 6. The lowest BCUT2D eigenvalue weighted by Gasteiger charge is -2.27. The minimum absolute atomic E-state index is 0.0573. The lowest BCUT2D eigenvalue weighted by atomic mass is 10.0. The highest BCUT2D eigenvalue weighted by Crippen LogP contribution is 2.18. The van der Waals surface area contributed by atoms with Gasteiger partial charge >= 0.3 is 5.97 Å². The summed E-state index contributed by atoms with van der Waals surface area (Å²) in [5.41, 5.74) is 0.275. The number of hydrogen-bond donors (Lipinski definition) is 1. The minimum Gasteiger partial charge on any atom is -0.458 e. The van der Waals surface area contributed by atoms with Crippen LogP contribution in [0.5, 0.6) is 0 Å². The number of nitrogens with one attached hydrogen (secondary N) is 1. The van der Waals surface area contributed by atoms with Gasteiger partial charge in [0.05, 0.1) is 0 Å². The molecule has 0 unspecified atom stereocenters. The van der Waals surface area contributed by atoms with Crippen LogP contribution in [0.4, 0.5) is 5.82 Å². The maximum Gasteiger partial charge on any atom is 0.329 e. The van der Waals surface area contributed by atoms with Crippen molar-refractivity contribution in [2.75, 3.05) is 5.32 Å². The maximum absolute atomic E-state index is 12.4. The Morgan fingerprint density at radius 3 is 2.64 bits per heavy atom. The first kappa shape index (κ1) is 16.2. The first-order valence-corrected chi connectivity index (χ1v) is 7.34. The Morgan fingerprint density at radius 1 is 1.36 bits per heavy atom. The summed E-state index contributed by atoms with van der Waals surface area (Å²) in [6.07, 6.45) is 1.44. The molecule has 7 nitrogen and oxygen atoms in total. The first-order valence-electron chi connectivity index (χ1n) is 7.34. The number of aromatic nitrogens is 4. The normalized spacial score (nSPS) is 13.4. The van der Waals surface area contributed by atoms with E-state index in [1.807, 2.05) is 47.6 Å². The molecule has 2 aromatic rings. The Kier molecular flexibility index (Phi) is 4.35. The zero-order valence-electron chi connectivity index (χ0n) is 13.9. The van der Waals surface area contributed by atoms with E-state index in [2.05, 4.69) is 20.4 Å². The quantitative estimate of drug-likeness (QED) is 0.872. The lowest BCUT2D eigenvalue weighted by molar-refractivity contribution is -0.156. The molecule has 0 radical (unpaired) electrons. The summed E-state index contributed by atoms with van der Waals surface area (Å²) in [5, 5.41) is 7.35. The zero-order valence-corrected chi connectivity index (χ0v) is 13.9. The molecule has 0 fully saturated rings. The van der Waals surface area contributed by atoms with E-state index >= 15 is 0 Å². The third-order valence-electron chi connectivity index (χ3n) is 3.01.